The monoisotopic (exact) mass is 273 g/mol. The first-order valence-electron chi connectivity index (χ1n) is 7.00. The first kappa shape index (κ1) is 14.6. The van der Waals surface area contributed by atoms with Gasteiger partial charge in [0.15, 0.2) is 0 Å². The molecule has 1 N–H and O–H groups in total. The van der Waals surface area contributed by atoms with Gasteiger partial charge in [-0.1, -0.05) is 12.1 Å². The van der Waals surface area contributed by atoms with Crippen LogP contribution in [-0.4, -0.2) is 32.6 Å². The lowest BCUT2D eigenvalue weighted by Crippen LogP contribution is -2.30. The zero-order valence-electron chi connectivity index (χ0n) is 12.5. The van der Waals surface area contributed by atoms with Crippen molar-refractivity contribution >= 4 is 0 Å². The third-order valence-electron chi connectivity index (χ3n) is 3.85. The van der Waals surface area contributed by atoms with Gasteiger partial charge in [-0.25, -0.2) is 4.98 Å². The van der Waals surface area contributed by atoms with Crippen LogP contribution in [0, 0.1) is 0 Å². The van der Waals surface area contributed by atoms with Gasteiger partial charge in [0, 0.05) is 25.5 Å². The van der Waals surface area contributed by atoms with Crippen LogP contribution in [0.4, 0.5) is 0 Å². The maximum Gasteiger partial charge on any atom is 0.122 e. The van der Waals surface area contributed by atoms with Crippen LogP contribution < -0.4 is 0 Å². The molecule has 1 aromatic heterocycles. The molecule has 0 saturated carbocycles. The molecule has 2 rings (SSSR count). The zero-order valence-corrected chi connectivity index (χ0v) is 12.5. The average molecular weight is 273 g/mol. The predicted octanol–water partition coefficient (Wildman–Crippen LogP) is 2.58. The molecule has 0 bridgehead atoms. The molecular formula is C16H23N3O. The van der Waals surface area contributed by atoms with Crippen LogP contribution >= 0.6 is 0 Å². The van der Waals surface area contributed by atoms with Crippen molar-refractivity contribution in [2.45, 2.75) is 32.4 Å². The number of hydrogen-bond donors (Lipinski definition) is 1. The molecule has 4 heteroatoms. The van der Waals surface area contributed by atoms with Crippen molar-refractivity contribution in [1.29, 1.82) is 0 Å². The second kappa shape index (κ2) is 6.57. The highest BCUT2D eigenvalue weighted by atomic mass is 16.3. The molecule has 0 aliphatic heterocycles. The van der Waals surface area contributed by atoms with Gasteiger partial charge < -0.3 is 9.67 Å². The van der Waals surface area contributed by atoms with Crippen molar-refractivity contribution in [3.8, 4) is 5.75 Å². The minimum absolute atomic E-state index is 0.327. The molecule has 0 radical (unpaired) electrons. The van der Waals surface area contributed by atoms with Crippen molar-refractivity contribution in [3.63, 3.8) is 0 Å². The molecule has 1 unspecified atom stereocenters. The largest absolute Gasteiger partial charge is 0.508 e. The van der Waals surface area contributed by atoms with E-state index in [0.717, 1.165) is 25.2 Å². The maximum absolute atomic E-state index is 9.27. The molecule has 0 aliphatic carbocycles. The fourth-order valence-corrected chi connectivity index (χ4v) is 2.19. The molecule has 0 fully saturated rings. The minimum atomic E-state index is 0.327. The van der Waals surface area contributed by atoms with Crippen LogP contribution in [-0.2, 0) is 20.0 Å². The number of benzene rings is 1. The zero-order chi connectivity index (χ0) is 14.5. The Labute approximate surface area is 120 Å². The number of aromatic nitrogens is 2. The third kappa shape index (κ3) is 3.84. The molecule has 0 spiro atoms. The molecule has 0 amide bonds. The van der Waals surface area contributed by atoms with Crippen LogP contribution in [0.3, 0.4) is 0 Å². The van der Waals surface area contributed by atoms with Gasteiger partial charge in [-0.3, -0.25) is 4.90 Å². The third-order valence-corrected chi connectivity index (χ3v) is 3.85. The number of phenols is 1. The maximum atomic E-state index is 9.27. The van der Waals surface area contributed by atoms with Crippen molar-refractivity contribution < 1.29 is 5.11 Å². The highest BCUT2D eigenvalue weighted by Gasteiger charge is 2.11. The fraction of sp³-hybridized carbons (Fsp3) is 0.438. The second-order valence-electron chi connectivity index (χ2n) is 5.42. The summed E-state index contributed by atoms with van der Waals surface area (Å²) in [4.78, 5) is 6.68. The van der Waals surface area contributed by atoms with E-state index in [1.807, 2.05) is 31.6 Å². The summed E-state index contributed by atoms with van der Waals surface area (Å²) in [5.41, 5.74) is 1.26. The summed E-state index contributed by atoms with van der Waals surface area (Å²) in [6, 6.07) is 7.96. The summed E-state index contributed by atoms with van der Waals surface area (Å²) in [6.45, 7) is 3.10. The summed E-state index contributed by atoms with van der Waals surface area (Å²) in [5, 5.41) is 9.27. The van der Waals surface area contributed by atoms with Gasteiger partial charge in [-0.2, -0.15) is 0 Å². The summed E-state index contributed by atoms with van der Waals surface area (Å²) in [7, 11) is 4.16. The van der Waals surface area contributed by atoms with Crippen LogP contribution in [0.5, 0.6) is 5.75 Å². The Hall–Kier alpha value is -1.81. The smallest absolute Gasteiger partial charge is 0.122 e. The van der Waals surface area contributed by atoms with Crippen molar-refractivity contribution in [2.24, 2.45) is 7.05 Å². The van der Waals surface area contributed by atoms with Crippen LogP contribution in [0.2, 0.25) is 0 Å². The first-order valence-corrected chi connectivity index (χ1v) is 7.00. The van der Waals surface area contributed by atoms with Gasteiger partial charge in [-0.15, -0.1) is 0 Å². The number of aromatic hydroxyl groups is 1. The Morgan fingerprint density at radius 2 is 2.00 bits per heavy atom. The lowest BCUT2D eigenvalue weighted by molar-refractivity contribution is 0.230. The molecule has 20 heavy (non-hydrogen) atoms. The number of hydrogen-bond acceptors (Lipinski definition) is 3. The lowest BCUT2D eigenvalue weighted by atomic mass is 10.1. The fourth-order valence-electron chi connectivity index (χ4n) is 2.19. The van der Waals surface area contributed by atoms with Crippen LogP contribution in [0.15, 0.2) is 36.7 Å². The molecule has 1 heterocycles. The predicted molar refractivity (Wildman–Crippen MR) is 80.6 cm³/mol. The van der Waals surface area contributed by atoms with E-state index in [0.29, 0.717) is 11.8 Å². The number of phenolic OH excluding ortho intramolecular Hbond substituents is 1. The standard InChI is InChI=1S/C16H23N3O/c1-13(4-5-14-6-8-15(20)9-7-14)19(3)12-16-17-10-11-18(16)2/h6-11,13,20H,4-5,12H2,1-3H3. The molecule has 4 nitrogen and oxygen atoms in total. The molecular weight excluding hydrogens is 250 g/mol. The number of nitrogens with zero attached hydrogens (tertiary/aromatic N) is 3. The van der Waals surface area contributed by atoms with Gasteiger partial charge in [0.2, 0.25) is 0 Å². The quantitative estimate of drug-likeness (QED) is 0.879. The van der Waals surface area contributed by atoms with Crippen LogP contribution in [0.25, 0.3) is 0 Å². The van der Waals surface area contributed by atoms with E-state index in [-0.39, 0.29) is 0 Å². The van der Waals surface area contributed by atoms with Gasteiger partial charge in [-0.05, 0) is 44.5 Å². The molecule has 0 aliphatic rings. The van der Waals surface area contributed by atoms with Gasteiger partial charge in [0.25, 0.3) is 0 Å². The average Bonchev–Trinajstić information content (AvgIpc) is 2.83. The van der Waals surface area contributed by atoms with Gasteiger partial charge in [0.1, 0.15) is 11.6 Å². The van der Waals surface area contributed by atoms with Crippen LogP contribution in [0.1, 0.15) is 24.7 Å². The number of aryl methyl sites for hydroxylation is 2. The van der Waals surface area contributed by atoms with Gasteiger partial charge in [0.05, 0.1) is 6.54 Å². The Kier molecular flexibility index (Phi) is 4.79. The highest BCUT2D eigenvalue weighted by Crippen LogP contribution is 2.14. The van der Waals surface area contributed by atoms with E-state index in [2.05, 4.69) is 28.4 Å². The summed E-state index contributed by atoms with van der Waals surface area (Å²) >= 11 is 0. The van der Waals surface area contributed by atoms with E-state index in [4.69, 9.17) is 0 Å². The Bertz CT molecular complexity index is 533. The molecule has 0 saturated heterocycles. The summed E-state index contributed by atoms with van der Waals surface area (Å²) < 4.78 is 2.06. The normalized spacial score (nSPS) is 12.8. The highest BCUT2D eigenvalue weighted by molar-refractivity contribution is 5.25. The Morgan fingerprint density at radius 1 is 1.30 bits per heavy atom. The van der Waals surface area contributed by atoms with Crippen molar-refractivity contribution in [3.05, 3.63) is 48.0 Å². The van der Waals surface area contributed by atoms with E-state index in [9.17, 15) is 5.11 Å². The Morgan fingerprint density at radius 3 is 2.60 bits per heavy atom. The lowest BCUT2D eigenvalue weighted by Gasteiger charge is -2.24. The van der Waals surface area contributed by atoms with Gasteiger partial charge >= 0.3 is 0 Å². The molecule has 108 valence electrons. The number of imidazole rings is 1. The van der Waals surface area contributed by atoms with E-state index in [1.54, 1.807) is 12.1 Å². The minimum Gasteiger partial charge on any atom is -0.508 e. The van der Waals surface area contributed by atoms with E-state index in [1.165, 1.54) is 5.56 Å². The second-order valence-corrected chi connectivity index (χ2v) is 5.42. The SMILES string of the molecule is CC(CCc1ccc(O)cc1)N(C)Cc1nccn1C. The van der Waals surface area contributed by atoms with Crippen molar-refractivity contribution in [1.82, 2.24) is 14.5 Å². The summed E-state index contributed by atoms with van der Waals surface area (Å²) in [6.07, 6.45) is 5.92. The molecule has 1 atom stereocenters. The molecule has 2 aromatic rings. The molecule has 1 aromatic carbocycles. The summed E-state index contributed by atoms with van der Waals surface area (Å²) in [5.74, 6) is 1.41. The van der Waals surface area contributed by atoms with E-state index < -0.39 is 0 Å². The van der Waals surface area contributed by atoms with Crippen molar-refractivity contribution in [2.75, 3.05) is 7.05 Å². The first-order chi connectivity index (χ1) is 9.56. The van der Waals surface area contributed by atoms with E-state index >= 15 is 0 Å². The number of rotatable bonds is 6. The topological polar surface area (TPSA) is 41.3 Å². The Balaban J connectivity index is 1.83.